The van der Waals surface area contributed by atoms with Crippen molar-refractivity contribution in [2.24, 2.45) is 22.7 Å². The number of allylic oxidation sites excluding steroid dienone is 1. The Hall–Kier alpha value is -0.790. The minimum absolute atomic E-state index is 0.0646. The van der Waals surface area contributed by atoms with Crippen molar-refractivity contribution in [2.75, 3.05) is 0 Å². The van der Waals surface area contributed by atoms with Crippen LogP contribution in [-0.4, -0.2) is 11.6 Å². The number of rotatable bonds is 0. The van der Waals surface area contributed by atoms with E-state index in [4.69, 9.17) is 4.74 Å². The summed E-state index contributed by atoms with van der Waals surface area (Å²) in [5.74, 6) is 0.919. The summed E-state index contributed by atoms with van der Waals surface area (Å²) in [6.07, 6.45) is 8.04. The van der Waals surface area contributed by atoms with Crippen LogP contribution in [0.15, 0.2) is 11.6 Å². The fourth-order valence-electron chi connectivity index (χ4n) is 5.97. The molecule has 2 aliphatic carbocycles. The van der Waals surface area contributed by atoms with Gasteiger partial charge >= 0.3 is 5.97 Å². The monoisotopic (exact) mass is 276 g/mol. The summed E-state index contributed by atoms with van der Waals surface area (Å²) in [4.78, 5) is 12.3. The van der Waals surface area contributed by atoms with Gasteiger partial charge in [0, 0.05) is 11.5 Å². The van der Waals surface area contributed by atoms with E-state index in [0.717, 1.165) is 12.0 Å². The summed E-state index contributed by atoms with van der Waals surface area (Å²) >= 11 is 0. The third-order valence-electron chi connectivity index (χ3n) is 6.66. The summed E-state index contributed by atoms with van der Waals surface area (Å²) < 4.78 is 5.83. The average molecular weight is 276 g/mol. The lowest BCUT2D eigenvalue weighted by Gasteiger charge is -2.59. The molecule has 3 rings (SSSR count). The van der Waals surface area contributed by atoms with E-state index in [2.05, 4.69) is 27.7 Å². The van der Waals surface area contributed by atoms with Gasteiger partial charge < -0.3 is 4.74 Å². The van der Waals surface area contributed by atoms with E-state index in [0.29, 0.717) is 11.3 Å². The predicted molar refractivity (Wildman–Crippen MR) is 80.2 cm³/mol. The Bertz CT molecular complexity index is 476. The van der Waals surface area contributed by atoms with Gasteiger partial charge in [0.25, 0.3) is 0 Å². The zero-order valence-corrected chi connectivity index (χ0v) is 13.6. The van der Waals surface area contributed by atoms with Crippen LogP contribution >= 0.6 is 0 Å². The van der Waals surface area contributed by atoms with Crippen LogP contribution in [0.3, 0.4) is 0 Å². The van der Waals surface area contributed by atoms with Crippen LogP contribution in [0.4, 0.5) is 0 Å². The Kier molecular flexibility index (Phi) is 2.91. The van der Waals surface area contributed by atoms with E-state index in [1.165, 1.54) is 25.7 Å². The molecule has 1 aliphatic heterocycles. The molecule has 0 N–H and O–H groups in total. The topological polar surface area (TPSA) is 26.3 Å². The van der Waals surface area contributed by atoms with Crippen LogP contribution in [0.5, 0.6) is 0 Å². The highest BCUT2D eigenvalue weighted by Gasteiger charge is 2.64. The largest absolute Gasteiger partial charge is 0.455 e. The van der Waals surface area contributed by atoms with Gasteiger partial charge in [0.2, 0.25) is 0 Å². The molecule has 3 aliphatic rings. The molecule has 0 bridgehead atoms. The van der Waals surface area contributed by atoms with Crippen molar-refractivity contribution in [3.8, 4) is 0 Å². The molecule has 1 heterocycles. The van der Waals surface area contributed by atoms with Crippen molar-refractivity contribution in [3.63, 3.8) is 0 Å². The first-order valence-corrected chi connectivity index (χ1v) is 8.14. The quantitative estimate of drug-likeness (QED) is 0.481. The molecule has 3 fully saturated rings. The lowest BCUT2D eigenvalue weighted by molar-refractivity contribution is -0.164. The van der Waals surface area contributed by atoms with Crippen molar-refractivity contribution in [1.82, 2.24) is 0 Å². The zero-order chi connectivity index (χ0) is 14.8. The van der Waals surface area contributed by atoms with E-state index < -0.39 is 0 Å². The van der Waals surface area contributed by atoms with Gasteiger partial charge in [-0.15, -0.1) is 0 Å². The first-order valence-electron chi connectivity index (χ1n) is 8.14. The molecule has 0 amide bonds. The van der Waals surface area contributed by atoms with Crippen LogP contribution in [0, 0.1) is 22.7 Å². The van der Waals surface area contributed by atoms with E-state index in [-0.39, 0.29) is 22.9 Å². The Morgan fingerprint density at radius 3 is 2.50 bits per heavy atom. The van der Waals surface area contributed by atoms with Crippen LogP contribution in [0.25, 0.3) is 0 Å². The molecule has 0 aromatic heterocycles. The second-order valence-corrected chi connectivity index (χ2v) is 8.32. The number of esters is 1. The van der Waals surface area contributed by atoms with Crippen molar-refractivity contribution in [2.45, 2.75) is 72.3 Å². The van der Waals surface area contributed by atoms with Gasteiger partial charge in [-0.3, -0.25) is 0 Å². The molecule has 4 atom stereocenters. The molecule has 20 heavy (non-hydrogen) atoms. The van der Waals surface area contributed by atoms with Crippen molar-refractivity contribution in [1.29, 1.82) is 0 Å². The molecule has 2 nitrogen and oxygen atoms in total. The van der Waals surface area contributed by atoms with Crippen LogP contribution in [-0.2, 0) is 9.53 Å². The molecule has 0 aromatic carbocycles. The molecular weight excluding hydrogens is 248 g/mol. The molecule has 0 aromatic rings. The Labute approximate surface area is 123 Å². The minimum atomic E-state index is -0.266. The number of fused-ring (bicyclic) bond motifs is 3. The second-order valence-electron chi connectivity index (χ2n) is 8.32. The molecule has 0 unspecified atom stereocenters. The normalized spacial score (nSPS) is 48.6. The van der Waals surface area contributed by atoms with E-state index in [1.54, 1.807) is 0 Å². The van der Waals surface area contributed by atoms with Crippen LogP contribution < -0.4 is 0 Å². The molecule has 0 spiro atoms. The fraction of sp³-hybridized carbons (Fsp3) is 0.833. The third kappa shape index (κ3) is 1.66. The first-order chi connectivity index (χ1) is 9.24. The summed E-state index contributed by atoms with van der Waals surface area (Å²) in [5.41, 5.74) is 1.27. The highest BCUT2D eigenvalue weighted by molar-refractivity contribution is 5.92. The zero-order valence-electron chi connectivity index (χ0n) is 13.6. The van der Waals surface area contributed by atoms with E-state index in [1.807, 2.05) is 13.0 Å². The Morgan fingerprint density at radius 1 is 1.15 bits per heavy atom. The number of carbonyl (C=O) groups is 1. The highest BCUT2D eigenvalue weighted by Crippen LogP contribution is 2.66. The Morgan fingerprint density at radius 2 is 1.85 bits per heavy atom. The number of ether oxygens (including phenoxy) is 1. The van der Waals surface area contributed by atoms with Crippen LogP contribution in [0.2, 0.25) is 0 Å². The summed E-state index contributed by atoms with van der Waals surface area (Å²) in [7, 11) is 0. The van der Waals surface area contributed by atoms with E-state index >= 15 is 0 Å². The average Bonchev–Trinajstić information content (AvgIpc) is 2.59. The second kappa shape index (κ2) is 4.11. The molecule has 2 heteroatoms. The lowest BCUT2D eigenvalue weighted by atomic mass is 9.45. The van der Waals surface area contributed by atoms with Crippen molar-refractivity contribution >= 4 is 5.97 Å². The van der Waals surface area contributed by atoms with Crippen molar-refractivity contribution < 1.29 is 9.53 Å². The van der Waals surface area contributed by atoms with Gasteiger partial charge in [-0.1, -0.05) is 33.3 Å². The number of hydrogen-bond donors (Lipinski definition) is 0. The lowest BCUT2D eigenvalue weighted by Crippen LogP contribution is -2.56. The highest BCUT2D eigenvalue weighted by atomic mass is 16.6. The molecule has 112 valence electrons. The standard InChI is InChI=1S/C18H28O2/c1-6-12-14-17(4)10-7-9-16(2,3)13(17)8-11-18(14,5)20-15(12)19/h6,13-14H,7-11H2,1-5H3/b12-6-/t13-,14+,17-,18+/m1/s1. The van der Waals surface area contributed by atoms with Gasteiger partial charge in [-0.25, -0.2) is 4.79 Å². The van der Waals surface area contributed by atoms with Crippen molar-refractivity contribution in [3.05, 3.63) is 11.6 Å². The Balaban J connectivity index is 2.10. The minimum Gasteiger partial charge on any atom is -0.455 e. The summed E-state index contributed by atoms with van der Waals surface area (Å²) in [6, 6.07) is 0. The number of carbonyl (C=O) groups excluding carboxylic acids is 1. The van der Waals surface area contributed by atoms with Gasteiger partial charge in [0.15, 0.2) is 0 Å². The molecule has 1 saturated heterocycles. The summed E-state index contributed by atoms with van der Waals surface area (Å²) in [5, 5.41) is 0. The van der Waals surface area contributed by atoms with Crippen LogP contribution in [0.1, 0.15) is 66.7 Å². The number of hydrogen-bond acceptors (Lipinski definition) is 2. The third-order valence-corrected chi connectivity index (χ3v) is 6.66. The maximum Gasteiger partial charge on any atom is 0.334 e. The van der Waals surface area contributed by atoms with Gasteiger partial charge in [-0.2, -0.15) is 0 Å². The molecule has 2 saturated carbocycles. The smallest absolute Gasteiger partial charge is 0.334 e. The molecule has 0 radical (unpaired) electrons. The van der Waals surface area contributed by atoms with Gasteiger partial charge in [-0.05, 0) is 56.3 Å². The summed E-state index contributed by atoms with van der Waals surface area (Å²) in [6.45, 7) is 11.4. The molecular formula is C18H28O2. The fourth-order valence-corrected chi connectivity index (χ4v) is 5.97. The van der Waals surface area contributed by atoms with Gasteiger partial charge in [0.1, 0.15) is 5.60 Å². The van der Waals surface area contributed by atoms with Gasteiger partial charge in [0.05, 0.1) is 0 Å². The predicted octanol–water partition coefficient (Wildman–Crippen LogP) is 4.49. The van der Waals surface area contributed by atoms with E-state index in [9.17, 15) is 4.79 Å². The maximum atomic E-state index is 12.3. The first kappa shape index (κ1) is 14.2. The SMILES string of the molecule is C/C=C1\C(=O)O[C@@]2(C)CC[C@@H]3C(C)(C)CCC[C@@]3(C)[C@H]12. The maximum absolute atomic E-state index is 12.3.